The molecule has 0 aliphatic heterocycles. The lowest BCUT2D eigenvalue weighted by atomic mass is 9.81. The van der Waals surface area contributed by atoms with Crippen LogP contribution in [0.25, 0.3) is 88.6 Å². The van der Waals surface area contributed by atoms with Gasteiger partial charge in [-0.3, -0.25) is 4.98 Å². The van der Waals surface area contributed by atoms with Crippen LogP contribution in [0.5, 0.6) is 0 Å². The molecule has 2 aromatic heterocycles. The lowest BCUT2D eigenvalue weighted by molar-refractivity contribution is 0.661. The van der Waals surface area contributed by atoms with Gasteiger partial charge < -0.3 is 0 Å². The Labute approximate surface area is 297 Å². The van der Waals surface area contributed by atoms with Crippen LogP contribution in [0, 0.1) is 0 Å². The molecule has 9 aromatic rings. The highest BCUT2D eigenvalue weighted by Crippen LogP contribution is 2.55. The summed E-state index contributed by atoms with van der Waals surface area (Å²) in [6.45, 7) is 4.72. The van der Waals surface area contributed by atoms with Gasteiger partial charge in [0.25, 0.3) is 0 Å². The molecular weight excluding hydrogens is 619 g/mol. The van der Waals surface area contributed by atoms with Crippen molar-refractivity contribution in [1.82, 2.24) is 15.0 Å². The monoisotopic (exact) mass is 651 g/mol. The Morgan fingerprint density at radius 2 is 1.06 bits per heavy atom. The van der Waals surface area contributed by atoms with E-state index in [1.807, 2.05) is 30.5 Å². The van der Waals surface area contributed by atoms with Crippen LogP contribution < -0.4 is 0 Å². The van der Waals surface area contributed by atoms with E-state index in [1.165, 1.54) is 49.5 Å². The normalized spacial score (nSPS) is 13.1. The van der Waals surface area contributed by atoms with Gasteiger partial charge in [-0.15, -0.1) is 0 Å². The maximum Gasteiger partial charge on any atom is 0.160 e. The Balaban J connectivity index is 1.22. The molecule has 0 unspecified atom stereocenters. The quantitative estimate of drug-likeness (QED) is 0.190. The van der Waals surface area contributed by atoms with Crippen molar-refractivity contribution >= 4 is 32.4 Å². The van der Waals surface area contributed by atoms with Crippen molar-refractivity contribution < 1.29 is 0 Å². The highest BCUT2D eigenvalue weighted by molar-refractivity contribution is 6.11. The van der Waals surface area contributed by atoms with Crippen molar-refractivity contribution in [2.75, 3.05) is 0 Å². The largest absolute Gasteiger partial charge is 0.256 e. The van der Waals surface area contributed by atoms with Gasteiger partial charge >= 0.3 is 0 Å². The number of aromatic nitrogens is 3. The van der Waals surface area contributed by atoms with Gasteiger partial charge in [0.1, 0.15) is 0 Å². The summed E-state index contributed by atoms with van der Waals surface area (Å²) in [7, 11) is 0. The van der Waals surface area contributed by atoms with E-state index in [9.17, 15) is 0 Å². The van der Waals surface area contributed by atoms with Crippen LogP contribution >= 0.6 is 0 Å². The van der Waals surface area contributed by atoms with Crippen LogP contribution in [0.2, 0.25) is 0 Å². The smallest absolute Gasteiger partial charge is 0.160 e. The van der Waals surface area contributed by atoms with Gasteiger partial charge in [-0.2, -0.15) is 0 Å². The Kier molecular flexibility index (Phi) is 6.53. The van der Waals surface area contributed by atoms with Crippen molar-refractivity contribution in [3.05, 3.63) is 175 Å². The second-order valence-corrected chi connectivity index (χ2v) is 14.0. The molecule has 7 aromatic carbocycles. The summed E-state index contributed by atoms with van der Waals surface area (Å²) < 4.78 is 0. The zero-order valence-corrected chi connectivity index (χ0v) is 28.4. The van der Waals surface area contributed by atoms with E-state index >= 15 is 0 Å². The predicted molar refractivity (Wildman–Crippen MR) is 212 cm³/mol. The summed E-state index contributed by atoms with van der Waals surface area (Å²) in [5.74, 6) is 0.691. The fourth-order valence-electron chi connectivity index (χ4n) is 8.28. The van der Waals surface area contributed by atoms with Crippen LogP contribution in [0.15, 0.2) is 164 Å². The minimum Gasteiger partial charge on any atom is -0.256 e. The molecule has 3 nitrogen and oxygen atoms in total. The fraction of sp³-hybridized carbons (Fsp3) is 0.0625. The second kappa shape index (κ2) is 11.3. The summed E-state index contributed by atoms with van der Waals surface area (Å²) in [6.07, 6.45) is 1.85. The molecule has 1 aliphatic carbocycles. The number of benzene rings is 7. The van der Waals surface area contributed by atoms with E-state index < -0.39 is 0 Å². The van der Waals surface area contributed by atoms with Crippen LogP contribution in [0.3, 0.4) is 0 Å². The van der Waals surface area contributed by atoms with Crippen LogP contribution in [-0.4, -0.2) is 15.0 Å². The lowest BCUT2D eigenvalue weighted by Crippen LogP contribution is -2.14. The van der Waals surface area contributed by atoms with E-state index in [-0.39, 0.29) is 5.41 Å². The summed E-state index contributed by atoms with van der Waals surface area (Å²) in [5.41, 5.74) is 13.5. The van der Waals surface area contributed by atoms with Crippen LogP contribution in [-0.2, 0) is 5.41 Å². The zero-order valence-electron chi connectivity index (χ0n) is 28.4. The van der Waals surface area contributed by atoms with Crippen molar-refractivity contribution in [3.63, 3.8) is 0 Å². The first-order valence-corrected chi connectivity index (χ1v) is 17.5. The zero-order chi connectivity index (χ0) is 34.1. The van der Waals surface area contributed by atoms with Gasteiger partial charge in [0.15, 0.2) is 5.82 Å². The van der Waals surface area contributed by atoms with E-state index in [1.54, 1.807) is 0 Å². The van der Waals surface area contributed by atoms with Crippen molar-refractivity contribution in [2.24, 2.45) is 0 Å². The van der Waals surface area contributed by atoms with E-state index in [0.717, 1.165) is 44.4 Å². The topological polar surface area (TPSA) is 38.7 Å². The van der Waals surface area contributed by atoms with Gasteiger partial charge in [0.2, 0.25) is 0 Å². The number of para-hydroxylation sites is 1. The molecule has 51 heavy (non-hydrogen) atoms. The lowest BCUT2D eigenvalue weighted by Gasteiger charge is -2.22. The summed E-state index contributed by atoms with van der Waals surface area (Å²) in [5, 5.41) is 6.01. The average molecular weight is 652 g/mol. The minimum atomic E-state index is -0.109. The van der Waals surface area contributed by atoms with Gasteiger partial charge in [0, 0.05) is 33.7 Å². The van der Waals surface area contributed by atoms with Crippen molar-refractivity contribution in [1.29, 1.82) is 0 Å². The van der Waals surface area contributed by atoms with E-state index in [4.69, 9.17) is 15.0 Å². The van der Waals surface area contributed by atoms with Gasteiger partial charge in [-0.25, -0.2) is 9.97 Å². The number of hydrogen-bond acceptors (Lipinski definition) is 3. The summed E-state index contributed by atoms with van der Waals surface area (Å²) in [6, 6.07) is 56.3. The molecule has 0 radical (unpaired) electrons. The molecule has 0 fully saturated rings. The molecule has 0 saturated heterocycles. The molecule has 0 amide bonds. The number of rotatable bonds is 4. The number of fused-ring (bicyclic) bond motifs is 7. The Morgan fingerprint density at radius 3 is 1.90 bits per heavy atom. The first-order chi connectivity index (χ1) is 25.1. The molecule has 240 valence electrons. The number of nitrogens with zero attached hydrogens (tertiary/aromatic N) is 3. The minimum absolute atomic E-state index is 0.109. The average Bonchev–Trinajstić information content (AvgIpc) is 3.43. The fourth-order valence-corrected chi connectivity index (χ4v) is 8.28. The first-order valence-electron chi connectivity index (χ1n) is 17.5. The van der Waals surface area contributed by atoms with E-state index in [2.05, 4.69) is 147 Å². The Morgan fingerprint density at radius 1 is 0.431 bits per heavy atom. The molecule has 0 atom stereocenters. The summed E-state index contributed by atoms with van der Waals surface area (Å²) >= 11 is 0. The Bertz CT molecular complexity index is 2830. The van der Waals surface area contributed by atoms with E-state index in [0.29, 0.717) is 5.82 Å². The van der Waals surface area contributed by atoms with Crippen LogP contribution in [0.4, 0.5) is 0 Å². The third-order valence-electron chi connectivity index (χ3n) is 10.7. The molecule has 1 aliphatic rings. The van der Waals surface area contributed by atoms with Crippen molar-refractivity contribution in [3.8, 4) is 56.2 Å². The molecule has 0 bridgehead atoms. The maximum absolute atomic E-state index is 5.24. The van der Waals surface area contributed by atoms with Gasteiger partial charge in [0.05, 0.1) is 16.9 Å². The predicted octanol–water partition coefficient (Wildman–Crippen LogP) is 12.3. The molecule has 0 N–H and O–H groups in total. The first kappa shape index (κ1) is 29.5. The maximum atomic E-state index is 5.24. The molecule has 0 saturated carbocycles. The molecule has 2 heterocycles. The molecule has 0 spiro atoms. The standard InChI is InChI=1S/C48H33N3/c1-48(2)40-23-11-21-38(45(40)44-33-18-7-6-13-30(33)24-27-41(44)48)36-25-26-37(35-20-9-8-19-34(35)36)42-29-43(51-47(50-42)32-14-4-3-5-15-32)39-22-10-16-31-17-12-28-49-46(31)39/h3-29H,1-2H3. The van der Waals surface area contributed by atoms with Crippen molar-refractivity contribution in [2.45, 2.75) is 19.3 Å². The SMILES string of the molecule is CC1(C)c2cccc(-c3ccc(-c4cc(-c5cccc6cccnc56)nc(-c5ccccc5)n4)c4ccccc34)c2-c2c1ccc1ccccc21. The number of hydrogen-bond donors (Lipinski definition) is 0. The third-order valence-corrected chi connectivity index (χ3v) is 10.7. The molecule has 10 rings (SSSR count). The number of pyridine rings is 1. The molecule has 3 heteroatoms. The third kappa shape index (κ3) is 4.55. The Hall–Kier alpha value is -6.45. The van der Waals surface area contributed by atoms with Crippen LogP contribution in [0.1, 0.15) is 25.0 Å². The summed E-state index contributed by atoms with van der Waals surface area (Å²) in [4.78, 5) is 15.2. The highest BCUT2D eigenvalue weighted by atomic mass is 14.9. The van der Waals surface area contributed by atoms with Gasteiger partial charge in [-0.1, -0.05) is 159 Å². The second-order valence-electron chi connectivity index (χ2n) is 14.0. The molecular formula is C48H33N3. The highest BCUT2D eigenvalue weighted by Gasteiger charge is 2.38. The van der Waals surface area contributed by atoms with Gasteiger partial charge in [-0.05, 0) is 67.1 Å².